The maximum Gasteiger partial charge on any atom is 0.252 e. The van der Waals surface area contributed by atoms with Crippen LogP contribution in [0.25, 0.3) is 10.8 Å². The molecule has 0 bridgehead atoms. The van der Waals surface area contributed by atoms with Gasteiger partial charge >= 0.3 is 0 Å². The zero-order chi connectivity index (χ0) is 13.0. The third-order valence-electron chi connectivity index (χ3n) is 2.95. The first-order valence-electron chi connectivity index (χ1n) is 6.07. The summed E-state index contributed by atoms with van der Waals surface area (Å²) in [7, 11) is 0. The van der Waals surface area contributed by atoms with E-state index < -0.39 is 0 Å². The molecule has 0 aromatic heterocycles. The monoisotopic (exact) mass is 305 g/mol. The molecular weight excluding hydrogens is 290 g/mol. The van der Waals surface area contributed by atoms with Crippen molar-refractivity contribution in [2.75, 3.05) is 5.33 Å². The van der Waals surface area contributed by atoms with Gasteiger partial charge in [0.1, 0.15) is 0 Å². The van der Waals surface area contributed by atoms with Crippen LogP contribution in [0.4, 0.5) is 0 Å². The topological polar surface area (TPSA) is 29.1 Å². The van der Waals surface area contributed by atoms with E-state index >= 15 is 0 Å². The molecule has 0 fully saturated rings. The molecule has 0 spiro atoms. The van der Waals surface area contributed by atoms with E-state index in [1.165, 1.54) is 0 Å². The number of carbonyl (C=O) groups excluding carboxylic acids is 1. The molecule has 94 valence electrons. The summed E-state index contributed by atoms with van der Waals surface area (Å²) in [6.45, 7) is 2.02. The van der Waals surface area contributed by atoms with Crippen molar-refractivity contribution in [3.8, 4) is 0 Å². The molecule has 0 radical (unpaired) electrons. The number of hydrogen-bond donors (Lipinski definition) is 1. The molecule has 0 heterocycles. The third-order valence-corrected chi connectivity index (χ3v) is 3.41. The molecule has 2 aromatic carbocycles. The van der Waals surface area contributed by atoms with Crippen LogP contribution in [0.5, 0.6) is 0 Å². The van der Waals surface area contributed by atoms with Crippen molar-refractivity contribution in [3.05, 3.63) is 48.0 Å². The van der Waals surface area contributed by atoms with Crippen molar-refractivity contribution in [1.82, 2.24) is 5.32 Å². The fraction of sp³-hybridized carbons (Fsp3) is 0.267. The summed E-state index contributed by atoms with van der Waals surface area (Å²) in [5, 5.41) is 6.01. The molecule has 0 saturated heterocycles. The maximum absolute atomic E-state index is 12.2. The normalized spacial score (nSPS) is 12.3. The Labute approximate surface area is 116 Å². The van der Waals surface area contributed by atoms with Crippen LogP contribution in [0.15, 0.2) is 42.5 Å². The Kier molecular flexibility index (Phi) is 4.37. The van der Waals surface area contributed by atoms with E-state index in [9.17, 15) is 4.79 Å². The first kappa shape index (κ1) is 13.1. The van der Waals surface area contributed by atoms with Crippen molar-refractivity contribution in [2.45, 2.75) is 19.4 Å². The molecule has 0 aliphatic carbocycles. The molecule has 1 atom stereocenters. The molecule has 2 nitrogen and oxygen atoms in total. The Morgan fingerprint density at radius 3 is 2.72 bits per heavy atom. The first-order valence-corrected chi connectivity index (χ1v) is 7.19. The largest absolute Gasteiger partial charge is 0.350 e. The zero-order valence-corrected chi connectivity index (χ0v) is 11.9. The second kappa shape index (κ2) is 6.01. The summed E-state index contributed by atoms with van der Waals surface area (Å²) in [6, 6.07) is 13.9. The Balaban J connectivity index is 2.28. The number of benzene rings is 2. The van der Waals surface area contributed by atoms with E-state index in [2.05, 4.69) is 21.2 Å². The van der Waals surface area contributed by atoms with Crippen molar-refractivity contribution >= 4 is 32.6 Å². The SMILES string of the molecule is CC(CCBr)NC(=O)c1cccc2ccccc12. The van der Waals surface area contributed by atoms with Gasteiger partial charge in [0.15, 0.2) is 0 Å². The Morgan fingerprint density at radius 2 is 1.94 bits per heavy atom. The standard InChI is InChI=1S/C15H16BrNO/c1-11(9-10-16)17-15(18)14-8-4-6-12-5-2-3-7-13(12)14/h2-8,11H,9-10H2,1H3,(H,17,18). The highest BCUT2D eigenvalue weighted by molar-refractivity contribution is 9.09. The van der Waals surface area contributed by atoms with Crippen LogP contribution in [0.1, 0.15) is 23.7 Å². The predicted octanol–water partition coefficient (Wildman–Crippen LogP) is 3.74. The fourth-order valence-electron chi connectivity index (χ4n) is 1.96. The van der Waals surface area contributed by atoms with E-state index in [1.54, 1.807) is 0 Å². The maximum atomic E-state index is 12.2. The van der Waals surface area contributed by atoms with Gasteiger partial charge in [-0.15, -0.1) is 0 Å². The number of rotatable bonds is 4. The lowest BCUT2D eigenvalue weighted by Crippen LogP contribution is -2.32. The van der Waals surface area contributed by atoms with E-state index in [0.29, 0.717) is 0 Å². The highest BCUT2D eigenvalue weighted by Crippen LogP contribution is 2.18. The van der Waals surface area contributed by atoms with Gasteiger partial charge in [0.25, 0.3) is 5.91 Å². The summed E-state index contributed by atoms with van der Waals surface area (Å²) in [5.41, 5.74) is 0.745. The van der Waals surface area contributed by atoms with Gasteiger partial charge in [0.2, 0.25) is 0 Å². The van der Waals surface area contributed by atoms with Gasteiger partial charge in [-0.25, -0.2) is 0 Å². The molecule has 2 aromatic rings. The molecule has 1 amide bonds. The summed E-state index contributed by atoms with van der Waals surface area (Å²) in [4.78, 5) is 12.2. The van der Waals surface area contributed by atoms with Crippen LogP contribution in [0, 0.1) is 0 Å². The van der Waals surface area contributed by atoms with Gasteiger partial charge in [0, 0.05) is 16.9 Å². The Hall–Kier alpha value is -1.35. The third kappa shape index (κ3) is 2.91. The molecule has 3 heteroatoms. The van der Waals surface area contributed by atoms with Crippen LogP contribution in [-0.2, 0) is 0 Å². The summed E-state index contributed by atoms with van der Waals surface area (Å²) in [6.07, 6.45) is 0.927. The van der Waals surface area contributed by atoms with E-state index in [-0.39, 0.29) is 11.9 Å². The number of carbonyl (C=O) groups is 1. The van der Waals surface area contributed by atoms with Crippen molar-refractivity contribution < 1.29 is 4.79 Å². The number of amides is 1. The Morgan fingerprint density at radius 1 is 1.22 bits per heavy atom. The van der Waals surface area contributed by atoms with Gasteiger partial charge in [-0.2, -0.15) is 0 Å². The van der Waals surface area contributed by atoms with Gasteiger partial charge < -0.3 is 5.32 Å². The number of halogens is 1. The molecular formula is C15H16BrNO. The number of nitrogens with one attached hydrogen (secondary N) is 1. The minimum atomic E-state index is 0.000231. The zero-order valence-electron chi connectivity index (χ0n) is 10.3. The summed E-state index contributed by atoms with van der Waals surface area (Å²) in [5.74, 6) is 0.000231. The van der Waals surface area contributed by atoms with Gasteiger partial charge in [0.05, 0.1) is 0 Å². The average molecular weight is 306 g/mol. The molecule has 2 rings (SSSR count). The van der Waals surface area contributed by atoms with Gasteiger partial charge in [-0.05, 0) is 30.2 Å². The van der Waals surface area contributed by atoms with Crippen LogP contribution in [-0.4, -0.2) is 17.3 Å². The summed E-state index contributed by atoms with van der Waals surface area (Å²) >= 11 is 3.38. The first-order chi connectivity index (χ1) is 8.72. The predicted molar refractivity (Wildman–Crippen MR) is 79.3 cm³/mol. The van der Waals surface area contributed by atoms with Crippen LogP contribution < -0.4 is 5.32 Å². The fourth-order valence-corrected chi connectivity index (χ4v) is 2.65. The van der Waals surface area contributed by atoms with Gasteiger partial charge in [-0.1, -0.05) is 52.3 Å². The van der Waals surface area contributed by atoms with Crippen molar-refractivity contribution in [1.29, 1.82) is 0 Å². The quantitative estimate of drug-likeness (QED) is 0.857. The van der Waals surface area contributed by atoms with E-state index in [0.717, 1.165) is 28.1 Å². The molecule has 0 saturated carbocycles. The molecule has 0 aliphatic rings. The second-order valence-corrected chi connectivity index (χ2v) is 5.17. The van der Waals surface area contributed by atoms with Crippen LogP contribution in [0.2, 0.25) is 0 Å². The lowest BCUT2D eigenvalue weighted by molar-refractivity contribution is 0.0941. The van der Waals surface area contributed by atoms with Gasteiger partial charge in [-0.3, -0.25) is 4.79 Å². The molecule has 0 aliphatic heterocycles. The number of fused-ring (bicyclic) bond motifs is 1. The summed E-state index contributed by atoms with van der Waals surface area (Å²) < 4.78 is 0. The average Bonchev–Trinajstić information content (AvgIpc) is 2.38. The van der Waals surface area contributed by atoms with E-state index in [4.69, 9.17) is 0 Å². The minimum Gasteiger partial charge on any atom is -0.350 e. The lowest BCUT2D eigenvalue weighted by Gasteiger charge is -2.13. The highest BCUT2D eigenvalue weighted by atomic mass is 79.9. The lowest BCUT2D eigenvalue weighted by atomic mass is 10.0. The van der Waals surface area contributed by atoms with Crippen LogP contribution in [0.3, 0.4) is 0 Å². The van der Waals surface area contributed by atoms with Crippen molar-refractivity contribution in [2.24, 2.45) is 0 Å². The molecule has 1 unspecified atom stereocenters. The smallest absolute Gasteiger partial charge is 0.252 e. The highest BCUT2D eigenvalue weighted by Gasteiger charge is 2.11. The number of alkyl halides is 1. The minimum absolute atomic E-state index is 0.000231. The van der Waals surface area contributed by atoms with Crippen molar-refractivity contribution in [3.63, 3.8) is 0 Å². The van der Waals surface area contributed by atoms with Crippen LogP contribution >= 0.6 is 15.9 Å². The Bertz CT molecular complexity index is 548. The molecule has 18 heavy (non-hydrogen) atoms. The number of hydrogen-bond acceptors (Lipinski definition) is 1. The molecule has 1 N–H and O–H groups in total. The van der Waals surface area contributed by atoms with E-state index in [1.807, 2.05) is 49.4 Å². The second-order valence-electron chi connectivity index (χ2n) is 4.38.